The van der Waals surface area contributed by atoms with E-state index < -0.39 is 0 Å². The number of benzene rings is 1. The van der Waals surface area contributed by atoms with Crippen LogP contribution in [0.15, 0.2) is 42.6 Å². The van der Waals surface area contributed by atoms with Crippen LogP contribution in [0.1, 0.15) is 31.9 Å². The second-order valence-electron chi connectivity index (χ2n) is 4.89. The highest BCUT2D eigenvalue weighted by Gasteiger charge is 2.05. The molecule has 3 nitrogen and oxygen atoms in total. The van der Waals surface area contributed by atoms with E-state index >= 15 is 0 Å². The summed E-state index contributed by atoms with van der Waals surface area (Å²) in [6.45, 7) is 5.42. The number of aromatic nitrogens is 1. The Morgan fingerprint density at radius 2 is 1.80 bits per heavy atom. The number of ether oxygens (including phenoxy) is 1. The molecule has 1 N–H and O–H groups in total. The van der Waals surface area contributed by atoms with Gasteiger partial charge in [0.2, 0.25) is 5.88 Å². The lowest BCUT2D eigenvalue weighted by Gasteiger charge is -2.14. The molecule has 0 saturated carbocycles. The fourth-order valence-corrected chi connectivity index (χ4v) is 2.11. The van der Waals surface area contributed by atoms with Gasteiger partial charge in [-0.05, 0) is 37.1 Å². The van der Waals surface area contributed by atoms with Crippen LogP contribution in [-0.2, 0) is 0 Å². The fraction of sp³-hybridized carbons (Fsp3) is 0.353. The van der Waals surface area contributed by atoms with Crippen molar-refractivity contribution >= 4 is 0 Å². The van der Waals surface area contributed by atoms with Crippen molar-refractivity contribution in [2.75, 3.05) is 13.7 Å². The zero-order valence-electron chi connectivity index (χ0n) is 12.4. The maximum absolute atomic E-state index is 5.07. The molecule has 0 aliphatic heterocycles. The normalized spacial score (nSPS) is 12.2. The van der Waals surface area contributed by atoms with E-state index in [0.29, 0.717) is 11.9 Å². The Balaban J connectivity index is 2.10. The first-order valence-electron chi connectivity index (χ1n) is 7.08. The summed E-state index contributed by atoms with van der Waals surface area (Å²) in [6.07, 6.45) is 2.99. The number of rotatable bonds is 6. The molecule has 1 aromatic carbocycles. The lowest BCUT2D eigenvalue weighted by molar-refractivity contribution is 0.398. The van der Waals surface area contributed by atoms with Crippen molar-refractivity contribution in [1.29, 1.82) is 0 Å². The highest BCUT2D eigenvalue weighted by Crippen LogP contribution is 2.22. The van der Waals surface area contributed by atoms with Crippen molar-refractivity contribution in [2.24, 2.45) is 0 Å². The molecule has 2 aromatic rings. The molecular weight excluding hydrogens is 248 g/mol. The Kier molecular flexibility index (Phi) is 5.13. The van der Waals surface area contributed by atoms with E-state index in [4.69, 9.17) is 4.74 Å². The van der Waals surface area contributed by atoms with Gasteiger partial charge in [-0.25, -0.2) is 4.98 Å². The quantitative estimate of drug-likeness (QED) is 0.866. The van der Waals surface area contributed by atoms with Gasteiger partial charge in [-0.15, -0.1) is 0 Å². The van der Waals surface area contributed by atoms with Crippen molar-refractivity contribution in [1.82, 2.24) is 10.3 Å². The van der Waals surface area contributed by atoms with E-state index in [1.807, 2.05) is 18.3 Å². The van der Waals surface area contributed by atoms with Gasteiger partial charge < -0.3 is 10.1 Å². The number of methoxy groups -OCH3 is 1. The number of hydrogen-bond acceptors (Lipinski definition) is 3. The summed E-state index contributed by atoms with van der Waals surface area (Å²) in [4.78, 5) is 4.24. The van der Waals surface area contributed by atoms with Crippen molar-refractivity contribution in [3.8, 4) is 17.0 Å². The van der Waals surface area contributed by atoms with Gasteiger partial charge in [-0.1, -0.05) is 31.2 Å². The van der Waals surface area contributed by atoms with Crippen LogP contribution in [0.2, 0.25) is 0 Å². The molecule has 106 valence electrons. The minimum atomic E-state index is 0.387. The van der Waals surface area contributed by atoms with E-state index in [-0.39, 0.29) is 0 Å². The van der Waals surface area contributed by atoms with E-state index in [2.05, 4.69) is 48.4 Å². The smallest absolute Gasteiger partial charge is 0.212 e. The van der Waals surface area contributed by atoms with Crippen molar-refractivity contribution < 1.29 is 4.74 Å². The van der Waals surface area contributed by atoms with Crippen LogP contribution >= 0.6 is 0 Å². The molecule has 0 bridgehead atoms. The second kappa shape index (κ2) is 7.06. The topological polar surface area (TPSA) is 34.1 Å². The molecule has 0 fully saturated rings. The predicted octanol–water partition coefficient (Wildman–Crippen LogP) is 3.82. The van der Waals surface area contributed by atoms with Crippen LogP contribution in [-0.4, -0.2) is 18.6 Å². The molecule has 0 saturated heterocycles. The summed E-state index contributed by atoms with van der Waals surface area (Å²) < 4.78 is 5.07. The Labute approximate surface area is 121 Å². The van der Waals surface area contributed by atoms with E-state index in [1.165, 1.54) is 11.1 Å². The Morgan fingerprint density at radius 3 is 2.35 bits per heavy atom. The van der Waals surface area contributed by atoms with Crippen LogP contribution < -0.4 is 10.1 Å². The lowest BCUT2D eigenvalue weighted by Crippen LogP contribution is -2.19. The zero-order valence-corrected chi connectivity index (χ0v) is 12.4. The molecule has 3 heteroatoms. The number of pyridine rings is 1. The van der Waals surface area contributed by atoms with Crippen LogP contribution in [0.5, 0.6) is 5.88 Å². The average Bonchev–Trinajstić information content (AvgIpc) is 2.53. The molecule has 0 amide bonds. The van der Waals surface area contributed by atoms with Gasteiger partial charge in [0.15, 0.2) is 0 Å². The minimum absolute atomic E-state index is 0.387. The van der Waals surface area contributed by atoms with Gasteiger partial charge in [0, 0.05) is 23.9 Å². The van der Waals surface area contributed by atoms with E-state index in [9.17, 15) is 0 Å². The van der Waals surface area contributed by atoms with Crippen molar-refractivity contribution in [2.45, 2.75) is 26.3 Å². The maximum atomic E-state index is 5.07. The van der Waals surface area contributed by atoms with E-state index in [0.717, 1.165) is 18.5 Å². The Bertz CT molecular complexity index is 520. The summed E-state index contributed by atoms with van der Waals surface area (Å²) in [5, 5.41) is 3.49. The molecule has 0 aliphatic rings. The standard InChI is InChI=1S/C17H22N2O/c1-4-11-18-13(2)14-5-7-15(8-6-14)16-9-10-17(20-3)19-12-16/h5-10,12-13,18H,4,11H2,1-3H3. The molecule has 0 spiro atoms. The SMILES string of the molecule is CCCNC(C)c1ccc(-c2ccc(OC)nc2)cc1. The molecule has 1 heterocycles. The number of nitrogens with zero attached hydrogens (tertiary/aromatic N) is 1. The molecule has 0 radical (unpaired) electrons. The largest absolute Gasteiger partial charge is 0.481 e. The van der Waals surface area contributed by atoms with Crippen molar-refractivity contribution in [3.05, 3.63) is 48.2 Å². The fourth-order valence-electron chi connectivity index (χ4n) is 2.11. The second-order valence-corrected chi connectivity index (χ2v) is 4.89. The summed E-state index contributed by atoms with van der Waals surface area (Å²) in [5.74, 6) is 0.641. The van der Waals surface area contributed by atoms with Crippen LogP contribution in [0, 0.1) is 0 Å². The van der Waals surface area contributed by atoms with E-state index in [1.54, 1.807) is 7.11 Å². The maximum Gasteiger partial charge on any atom is 0.212 e. The van der Waals surface area contributed by atoms with Crippen molar-refractivity contribution in [3.63, 3.8) is 0 Å². The van der Waals surface area contributed by atoms with Gasteiger partial charge in [0.05, 0.1) is 7.11 Å². The molecule has 0 aliphatic carbocycles. The molecule has 1 unspecified atom stereocenters. The Hall–Kier alpha value is -1.87. The monoisotopic (exact) mass is 270 g/mol. The van der Waals surface area contributed by atoms with Gasteiger partial charge >= 0.3 is 0 Å². The molecule has 2 rings (SSSR count). The van der Waals surface area contributed by atoms with Gasteiger partial charge in [0.25, 0.3) is 0 Å². The number of nitrogens with one attached hydrogen (secondary N) is 1. The summed E-state index contributed by atoms with van der Waals surface area (Å²) in [5.41, 5.74) is 3.58. The molecule has 1 atom stereocenters. The van der Waals surface area contributed by atoms with Crippen LogP contribution in [0.3, 0.4) is 0 Å². The first-order chi connectivity index (χ1) is 9.74. The van der Waals surface area contributed by atoms with Gasteiger partial charge in [0.1, 0.15) is 0 Å². The van der Waals surface area contributed by atoms with Crippen LogP contribution in [0.25, 0.3) is 11.1 Å². The highest BCUT2D eigenvalue weighted by atomic mass is 16.5. The molecule has 1 aromatic heterocycles. The zero-order chi connectivity index (χ0) is 14.4. The summed E-state index contributed by atoms with van der Waals surface area (Å²) in [6, 6.07) is 12.9. The third kappa shape index (κ3) is 3.58. The average molecular weight is 270 g/mol. The number of hydrogen-bond donors (Lipinski definition) is 1. The van der Waals surface area contributed by atoms with Gasteiger partial charge in [-0.3, -0.25) is 0 Å². The Morgan fingerprint density at radius 1 is 1.10 bits per heavy atom. The summed E-state index contributed by atoms with van der Waals surface area (Å²) in [7, 11) is 1.63. The highest BCUT2D eigenvalue weighted by molar-refractivity contribution is 5.63. The van der Waals surface area contributed by atoms with Gasteiger partial charge in [-0.2, -0.15) is 0 Å². The predicted molar refractivity (Wildman–Crippen MR) is 82.9 cm³/mol. The van der Waals surface area contributed by atoms with Crippen LogP contribution in [0.4, 0.5) is 0 Å². The minimum Gasteiger partial charge on any atom is -0.481 e. The molecular formula is C17H22N2O. The summed E-state index contributed by atoms with van der Waals surface area (Å²) >= 11 is 0. The first kappa shape index (κ1) is 14.5. The molecule has 20 heavy (non-hydrogen) atoms. The lowest BCUT2D eigenvalue weighted by atomic mass is 10.0. The first-order valence-corrected chi connectivity index (χ1v) is 7.08. The third-order valence-electron chi connectivity index (χ3n) is 3.39. The third-order valence-corrected chi connectivity index (χ3v) is 3.39.